The first-order valence-electron chi connectivity index (χ1n) is 8.91. The van der Waals surface area contributed by atoms with Crippen LogP contribution in [-0.4, -0.2) is 42.5 Å². The third-order valence-corrected chi connectivity index (χ3v) is 4.45. The molecule has 138 valence electrons. The van der Waals surface area contributed by atoms with Gasteiger partial charge in [-0.3, -0.25) is 9.59 Å². The van der Waals surface area contributed by atoms with Gasteiger partial charge < -0.3 is 19.4 Å². The molecule has 2 aromatic rings. The summed E-state index contributed by atoms with van der Waals surface area (Å²) in [4.78, 5) is 26.6. The maximum atomic E-state index is 12.7. The molecule has 1 unspecified atom stereocenters. The Kier molecular flexibility index (Phi) is 6.07. The minimum Gasteiger partial charge on any atom is -0.472 e. The van der Waals surface area contributed by atoms with Gasteiger partial charge in [-0.25, -0.2) is 0 Å². The Morgan fingerprint density at radius 2 is 2.04 bits per heavy atom. The molecular weight excluding hydrogens is 332 g/mol. The Balaban J connectivity index is 1.58. The van der Waals surface area contributed by atoms with Gasteiger partial charge in [-0.1, -0.05) is 17.7 Å². The van der Waals surface area contributed by atoms with Crippen LogP contribution in [0.15, 0.2) is 47.3 Å². The van der Waals surface area contributed by atoms with Gasteiger partial charge in [0.25, 0.3) is 5.91 Å². The van der Waals surface area contributed by atoms with E-state index in [9.17, 15) is 9.59 Å². The van der Waals surface area contributed by atoms with Crippen molar-refractivity contribution in [3.8, 4) is 0 Å². The highest BCUT2D eigenvalue weighted by molar-refractivity contribution is 5.95. The van der Waals surface area contributed by atoms with E-state index in [4.69, 9.17) is 9.15 Å². The molecule has 2 amide bonds. The van der Waals surface area contributed by atoms with Crippen LogP contribution in [0.4, 0.5) is 5.69 Å². The normalized spacial score (nSPS) is 16.4. The van der Waals surface area contributed by atoms with E-state index >= 15 is 0 Å². The fraction of sp³-hybridized carbons (Fsp3) is 0.400. The molecule has 1 aliphatic heterocycles. The average molecular weight is 356 g/mol. The van der Waals surface area contributed by atoms with Crippen LogP contribution in [0.1, 0.15) is 35.2 Å². The highest BCUT2D eigenvalue weighted by Crippen LogP contribution is 2.16. The maximum Gasteiger partial charge on any atom is 0.257 e. The van der Waals surface area contributed by atoms with Crippen LogP contribution in [0, 0.1) is 6.92 Å². The third kappa shape index (κ3) is 4.95. The summed E-state index contributed by atoms with van der Waals surface area (Å²) in [5.74, 6) is -0.261. The molecule has 6 heteroatoms. The van der Waals surface area contributed by atoms with Gasteiger partial charge >= 0.3 is 0 Å². The first kappa shape index (κ1) is 18.2. The number of anilines is 1. The van der Waals surface area contributed by atoms with Crippen LogP contribution in [0.25, 0.3) is 0 Å². The number of hydrogen-bond acceptors (Lipinski definition) is 4. The van der Waals surface area contributed by atoms with Crippen molar-refractivity contribution in [3.63, 3.8) is 0 Å². The van der Waals surface area contributed by atoms with E-state index in [0.717, 1.165) is 30.7 Å². The molecule has 0 spiro atoms. The number of nitrogens with zero attached hydrogens (tertiary/aromatic N) is 1. The molecule has 0 aliphatic carbocycles. The fourth-order valence-electron chi connectivity index (χ4n) is 2.98. The first-order valence-corrected chi connectivity index (χ1v) is 8.91. The number of aryl methyl sites for hydroxylation is 1. The van der Waals surface area contributed by atoms with Gasteiger partial charge in [-0.2, -0.15) is 0 Å². The predicted octanol–water partition coefficient (Wildman–Crippen LogP) is 3.24. The van der Waals surface area contributed by atoms with E-state index in [0.29, 0.717) is 18.7 Å². The smallest absolute Gasteiger partial charge is 0.257 e. The Bertz CT molecular complexity index is 719. The molecule has 1 aromatic carbocycles. The Morgan fingerprint density at radius 3 is 2.69 bits per heavy atom. The van der Waals surface area contributed by atoms with E-state index < -0.39 is 0 Å². The minimum atomic E-state index is -0.141. The second kappa shape index (κ2) is 8.67. The van der Waals surface area contributed by atoms with Gasteiger partial charge in [0.15, 0.2) is 0 Å². The molecular formula is C20H24N2O4. The molecule has 2 heterocycles. The molecule has 6 nitrogen and oxygen atoms in total. The van der Waals surface area contributed by atoms with E-state index in [2.05, 4.69) is 5.32 Å². The van der Waals surface area contributed by atoms with Crippen molar-refractivity contribution in [1.82, 2.24) is 4.90 Å². The lowest BCUT2D eigenvalue weighted by atomic mass is 10.2. The van der Waals surface area contributed by atoms with E-state index in [1.807, 2.05) is 31.2 Å². The number of ether oxygens (including phenoxy) is 1. The zero-order valence-electron chi connectivity index (χ0n) is 14.9. The van der Waals surface area contributed by atoms with Crippen LogP contribution < -0.4 is 5.32 Å². The summed E-state index contributed by atoms with van der Waals surface area (Å²) in [6.45, 7) is 3.55. The first-order chi connectivity index (χ1) is 12.6. The lowest BCUT2D eigenvalue weighted by molar-refractivity contribution is -0.116. The number of amides is 2. The summed E-state index contributed by atoms with van der Waals surface area (Å²) in [6.07, 6.45) is 5.10. The molecule has 26 heavy (non-hydrogen) atoms. The predicted molar refractivity (Wildman–Crippen MR) is 98.0 cm³/mol. The van der Waals surface area contributed by atoms with Gasteiger partial charge in [0.1, 0.15) is 6.26 Å². The van der Waals surface area contributed by atoms with Crippen LogP contribution in [0.2, 0.25) is 0 Å². The number of nitrogens with one attached hydrogen (secondary N) is 1. The second-order valence-corrected chi connectivity index (χ2v) is 6.56. The molecule has 1 atom stereocenters. The summed E-state index contributed by atoms with van der Waals surface area (Å²) >= 11 is 0. The number of hydrogen-bond donors (Lipinski definition) is 1. The van der Waals surface area contributed by atoms with Crippen LogP contribution in [-0.2, 0) is 9.53 Å². The van der Waals surface area contributed by atoms with Gasteiger partial charge in [-0.05, 0) is 38.0 Å². The summed E-state index contributed by atoms with van der Waals surface area (Å²) in [5.41, 5.74) is 2.38. The monoisotopic (exact) mass is 356 g/mol. The topological polar surface area (TPSA) is 71.8 Å². The number of furan rings is 1. The summed E-state index contributed by atoms with van der Waals surface area (Å²) in [7, 11) is 0. The van der Waals surface area contributed by atoms with Crippen molar-refractivity contribution in [2.45, 2.75) is 32.3 Å². The molecule has 0 bridgehead atoms. The molecule has 1 aliphatic rings. The van der Waals surface area contributed by atoms with Crippen molar-refractivity contribution >= 4 is 17.5 Å². The van der Waals surface area contributed by atoms with Crippen molar-refractivity contribution in [1.29, 1.82) is 0 Å². The number of carbonyl (C=O) groups is 2. The number of rotatable bonds is 7. The summed E-state index contributed by atoms with van der Waals surface area (Å²) in [6, 6.07) is 9.27. The van der Waals surface area contributed by atoms with Gasteiger partial charge in [0.05, 0.1) is 17.9 Å². The maximum absolute atomic E-state index is 12.7. The van der Waals surface area contributed by atoms with Gasteiger partial charge in [0.2, 0.25) is 5.91 Å². The van der Waals surface area contributed by atoms with Crippen LogP contribution in [0.3, 0.4) is 0 Å². The van der Waals surface area contributed by atoms with Crippen molar-refractivity contribution in [3.05, 3.63) is 54.0 Å². The molecule has 1 N–H and O–H groups in total. The fourth-order valence-corrected chi connectivity index (χ4v) is 2.98. The Labute approximate surface area is 153 Å². The zero-order chi connectivity index (χ0) is 18.4. The lowest BCUT2D eigenvalue weighted by Crippen LogP contribution is -2.39. The molecule has 1 aromatic heterocycles. The molecule has 1 fully saturated rings. The molecule has 3 rings (SSSR count). The average Bonchev–Trinajstić information content (AvgIpc) is 3.34. The largest absolute Gasteiger partial charge is 0.472 e. The van der Waals surface area contributed by atoms with E-state index in [1.165, 1.54) is 12.5 Å². The van der Waals surface area contributed by atoms with Crippen molar-refractivity contribution < 1.29 is 18.7 Å². The molecule has 0 radical (unpaired) electrons. The highest BCUT2D eigenvalue weighted by atomic mass is 16.5. The van der Waals surface area contributed by atoms with Crippen molar-refractivity contribution in [2.75, 3.05) is 25.0 Å². The van der Waals surface area contributed by atoms with Crippen LogP contribution >= 0.6 is 0 Å². The third-order valence-electron chi connectivity index (χ3n) is 4.45. The minimum absolute atomic E-state index is 0.0333. The van der Waals surface area contributed by atoms with Gasteiger partial charge in [-0.15, -0.1) is 0 Å². The number of carbonyl (C=O) groups excluding carboxylic acids is 2. The van der Waals surface area contributed by atoms with Gasteiger partial charge in [0, 0.05) is 31.8 Å². The van der Waals surface area contributed by atoms with Crippen LogP contribution in [0.5, 0.6) is 0 Å². The number of benzene rings is 1. The Morgan fingerprint density at radius 1 is 1.23 bits per heavy atom. The quantitative estimate of drug-likeness (QED) is 0.827. The Hall–Kier alpha value is -2.60. The van der Waals surface area contributed by atoms with Crippen molar-refractivity contribution in [2.24, 2.45) is 0 Å². The van der Waals surface area contributed by atoms with E-state index in [-0.39, 0.29) is 24.3 Å². The summed E-state index contributed by atoms with van der Waals surface area (Å²) < 4.78 is 10.7. The molecule has 0 saturated carbocycles. The second-order valence-electron chi connectivity index (χ2n) is 6.56. The standard InChI is InChI=1S/C20H24N2O4/c1-15-4-6-17(7-5-15)21-19(23)8-10-22(13-18-3-2-11-26-18)20(24)16-9-12-25-14-16/h4-7,9,12,14,18H,2-3,8,10-11,13H2,1H3,(H,21,23). The SMILES string of the molecule is Cc1ccc(NC(=O)CCN(CC2CCCO2)C(=O)c2ccoc2)cc1. The summed E-state index contributed by atoms with van der Waals surface area (Å²) in [5, 5.41) is 2.87. The zero-order valence-corrected chi connectivity index (χ0v) is 14.9. The van der Waals surface area contributed by atoms with E-state index in [1.54, 1.807) is 11.0 Å². The molecule has 1 saturated heterocycles. The highest BCUT2D eigenvalue weighted by Gasteiger charge is 2.24. The lowest BCUT2D eigenvalue weighted by Gasteiger charge is -2.25.